The van der Waals surface area contributed by atoms with Gasteiger partial charge in [-0.25, -0.2) is 8.42 Å². The zero-order valence-electron chi connectivity index (χ0n) is 12.0. The second kappa shape index (κ2) is 6.44. The molecule has 1 unspecified atom stereocenters. The molecule has 114 valence electrons. The fraction of sp³-hybridized carbons (Fsp3) is 0.692. The lowest BCUT2D eigenvalue weighted by Crippen LogP contribution is -2.43. The molecular weight excluding hydrogens is 360 g/mol. The van der Waals surface area contributed by atoms with Crippen LogP contribution in [0.1, 0.15) is 25.3 Å². The summed E-state index contributed by atoms with van der Waals surface area (Å²) in [7, 11) is -1.36. The molecule has 2 heterocycles. The van der Waals surface area contributed by atoms with E-state index in [0.29, 0.717) is 29.3 Å². The van der Waals surface area contributed by atoms with Gasteiger partial charge in [-0.05, 0) is 67.2 Å². The molecule has 7 heteroatoms. The van der Waals surface area contributed by atoms with E-state index in [0.717, 1.165) is 22.2 Å². The average molecular weight is 381 g/mol. The van der Waals surface area contributed by atoms with Gasteiger partial charge in [0.2, 0.25) is 0 Å². The Kier molecular flexibility index (Phi) is 5.29. The van der Waals surface area contributed by atoms with Crippen molar-refractivity contribution in [2.24, 2.45) is 5.92 Å². The summed E-state index contributed by atoms with van der Waals surface area (Å²) in [6.07, 6.45) is 1.85. The number of thiophene rings is 1. The maximum Gasteiger partial charge on any atom is 0.252 e. The van der Waals surface area contributed by atoms with Crippen molar-refractivity contribution in [3.8, 4) is 0 Å². The summed E-state index contributed by atoms with van der Waals surface area (Å²) in [6, 6.07) is 2.20. The number of hydrogen-bond acceptors (Lipinski definition) is 4. The van der Waals surface area contributed by atoms with Gasteiger partial charge in [0.15, 0.2) is 0 Å². The molecule has 1 aliphatic rings. The van der Waals surface area contributed by atoms with Gasteiger partial charge in [-0.2, -0.15) is 4.31 Å². The molecular formula is C13H21BrN2O2S2. The van der Waals surface area contributed by atoms with Crippen molar-refractivity contribution in [3.63, 3.8) is 0 Å². The van der Waals surface area contributed by atoms with Crippen LogP contribution < -0.4 is 5.32 Å². The Hall–Kier alpha value is 0.0500. The van der Waals surface area contributed by atoms with Gasteiger partial charge in [-0.3, -0.25) is 0 Å². The number of nitrogens with one attached hydrogen (secondary N) is 1. The standard InChI is InChI=1S/C13H21BrN2O2S2/c1-9-8-12(19-13(9)14)20(17,18)16-6-4-11(5-7-16)10(2)15-3/h8,10-11,15H,4-7H2,1-3H3. The lowest BCUT2D eigenvalue weighted by molar-refractivity contribution is 0.237. The van der Waals surface area contributed by atoms with E-state index < -0.39 is 10.0 Å². The number of aryl methyl sites for hydroxylation is 1. The molecule has 0 amide bonds. The molecule has 1 fully saturated rings. The van der Waals surface area contributed by atoms with Crippen LogP contribution >= 0.6 is 27.3 Å². The highest BCUT2D eigenvalue weighted by molar-refractivity contribution is 9.11. The zero-order valence-corrected chi connectivity index (χ0v) is 15.2. The number of hydrogen-bond donors (Lipinski definition) is 1. The first-order valence-electron chi connectivity index (χ1n) is 6.79. The van der Waals surface area contributed by atoms with E-state index in [4.69, 9.17) is 0 Å². The van der Waals surface area contributed by atoms with Crippen molar-refractivity contribution in [2.75, 3.05) is 20.1 Å². The topological polar surface area (TPSA) is 49.4 Å². The lowest BCUT2D eigenvalue weighted by Gasteiger charge is -2.33. The minimum atomic E-state index is -3.32. The molecule has 0 bridgehead atoms. The first-order valence-corrected chi connectivity index (χ1v) is 9.84. The van der Waals surface area contributed by atoms with Crippen molar-refractivity contribution in [3.05, 3.63) is 15.4 Å². The Morgan fingerprint density at radius 3 is 2.50 bits per heavy atom. The predicted octanol–water partition coefficient (Wildman–Crippen LogP) is 2.83. The molecule has 1 atom stereocenters. The van der Waals surface area contributed by atoms with Crippen molar-refractivity contribution in [1.29, 1.82) is 0 Å². The van der Waals surface area contributed by atoms with Crippen molar-refractivity contribution >= 4 is 37.3 Å². The smallest absolute Gasteiger partial charge is 0.252 e. The van der Waals surface area contributed by atoms with Crippen LogP contribution in [-0.2, 0) is 10.0 Å². The fourth-order valence-electron chi connectivity index (χ4n) is 2.54. The molecule has 1 N–H and O–H groups in total. The molecule has 1 aromatic rings. The number of nitrogens with zero attached hydrogens (tertiary/aromatic N) is 1. The van der Waals surface area contributed by atoms with Gasteiger partial charge in [-0.1, -0.05) is 0 Å². The molecule has 0 radical (unpaired) electrons. The largest absolute Gasteiger partial charge is 0.317 e. The van der Waals surface area contributed by atoms with Crippen LogP contribution in [0.5, 0.6) is 0 Å². The maximum absolute atomic E-state index is 12.6. The van der Waals surface area contributed by atoms with Crippen LogP contribution in [0.3, 0.4) is 0 Å². The Bertz CT molecular complexity index is 543. The highest BCUT2D eigenvalue weighted by atomic mass is 79.9. The summed E-state index contributed by atoms with van der Waals surface area (Å²) < 4.78 is 28.2. The molecule has 1 aromatic heterocycles. The number of piperidine rings is 1. The Labute approximate surface area is 133 Å². The second-order valence-corrected chi connectivity index (χ2v) is 9.88. The molecule has 1 saturated heterocycles. The number of sulfonamides is 1. The van der Waals surface area contributed by atoms with Crippen LogP contribution in [0.15, 0.2) is 14.1 Å². The van der Waals surface area contributed by atoms with Crippen molar-refractivity contribution in [1.82, 2.24) is 9.62 Å². The monoisotopic (exact) mass is 380 g/mol. The van der Waals surface area contributed by atoms with E-state index in [2.05, 4.69) is 28.2 Å². The van der Waals surface area contributed by atoms with Crippen LogP contribution in [-0.4, -0.2) is 38.9 Å². The summed E-state index contributed by atoms with van der Waals surface area (Å²) >= 11 is 4.70. The van der Waals surface area contributed by atoms with Crippen LogP contribution in [0.4, 0.5) is 0 Å². The predicted molar refractivity (Wildman–Crippen MR) is 86.8 cm³/mol. The minimum absolute atomic E-state index is 0.443. The Morgan fingerprint density at radius 2 is 2.05 bits per heavy atom. The normalized spacial score (nSPS) is 20.2. The quantitative estimate of drug-likeness (QED) is 0.873. The molecule has 0 aliphatic carbocycles. The molecule has 1 aliphatic heterocycles. The third kappa shape index (κ3) is 3.27. The third-order valence-electron chi connectivity index (χ3n) is 4.09. The average Bonchev–Trinajstić information content (AvgIpc) is 2.78. The number of halogens is 1. The molecule has 4 nitrogen and oxygen atoms in total. The summed E-state index contributed by atoms with van der Waals surface area (Å²) in [5.74, 6) is 0.559. The van der Waals surface area contributed by atoms with Gasteiger partial charge < -0.3 is 5.32 Å². The molecule has 0 aromatic carbocycles. The SMILES string of the molecule is CNC(C)C1CCN(S(=O)(=O)c2cc(C)c(Br)s2)CC1. The van der Waals surface area contributed by atoms with Gasteiger partial charge in [0, 0.05) is 19.1 Å². The first-order chi connectivity index (χ1) is 9.36. The van der Waals surface area contributed by atoms with Gasteiger partial charge in [-0.15, -0.1) is 11.3 Å². The highest BCUT2D eigenvalue weighted by Crippen LogP contribution is 2.34. The Morgan fingerprint density at radius 1 is 1.45 bits per heavy atom. The second-order valence-electron chi connectivity index (χ2n) is 5.34. The lowest BCUT2D eigenvalue weighted by atomic mass is 9.91. The molecule has 2 rings (SSSR count). The van der Waals surface area contributed by atoms with E-state index in [9.17, 15) is 8.42 Å². The van der Waals surface area contributed by atoms with E-state index in [1.54, 1.807) is 10.4 Å². The van der Waals surface area contributed by atoms with Crippen LogP contribution in [0.2, 0.25) is 0 Å². The van der Waals surface area contributed by atoms with Gasteiger partial charge in [0.25, 0.3) is 10.0 Å². The van der Waals surface area contributed by atoms with Gasteiger partial charge in [0.1, 0.15) is 4.21 Å². The third-order valence-corrected chi connectivity index (χ3v) is 8.57. The molecule has 0 spiro atoms. The summed E-state index contributed by atoms with van der Waals surface area (Å²) in [5.41, 5.74) is 0.979. The van der Waals surface area contributed by atoms with E-state index in [1.165, 1.54) is 11.3 Å². The number of rotatable bonds is 4. The van der Waals surface area contributed by atoms with Crippen LogP contribution in [0, 0.1) is 12.8 Å². The van der Waals surface area contributed by atoms with Gasteiger partial charge >= 0.3 is 0 Å². The summed E-state index contributed by atoms with van der Waals surface area (Å²) in [6.45, 7) is 5.32. The zero-order chi connectivity index (χ0) is 14.9. The van der Waals surface area contributed by atoms with E-state index >= 15 is 0 Å². The fourth-order valence-corrected chi connectivity index (χ4v) is 6.39. The summed E-state index contributed by atoms with van der Waals surface area (Å²) in [5, 5.41) is 3.26. The minimum Gasteiger partial charge on any atom is -0.317 e. The maximum atomic E-state index is 12.6. The van der Waals surface area contributed by atoms with Crippen molar-refractivity contribution < 1.29 is 8.42 Å². The van der Waals surface area contributed by atoms with E-state index in [1.807, 2.05) is 14.0 Å². The van der Waals surface area contributed by atoms with E-state index in [-0.39, 0.29) is 0 Å². The molecule has 20 heavy (non-hydrogen) atoms. The summed E-state index contributed by atoms with van der Waals surface area (Å²) in [4.78, 5) is 0. The highest BCUT2D eigenvalue weighted by Gasteiger charge is 2.32. The first kappa shape index (κ1) is 16.4. The van der Waals surface area contributed by atoms with Gasteiger partial charge in [0.05, 0.1) is 3.79 Å². The Balaban J connectivity index is 2.09. The van der Waals surface area contributed by atoms with Crippen molar-refractivity contribution in [2.45, 2.75) is 36.9 Å². The molecule has 0 saturated carbocycles. The van der Waals surface area contributed by atoms with Crippen LogP contribution in [0.25, 0.3) is 0 Å².